The molecule has 1 aromatic rings. The smallest absolute Gasteiger partial charge is 0.0408 e. The molecule has 2 fully saturated rings. The number of nitrogens with zero attached hydrogens (tertiary/aromatic N) is 1. The molecule has 0 amide bonds. The highest BCUT2D eigenvalue weighted by Gasteiger charge is 2.55. The molecule has 102 valence electrons. The van der Waals surface area contributed by atoms with Gasteiger partial charge in [0.25, 0.3) is 0 Å². The molecule has 3 aliphatic rings. The van der Waals surface area contributed by atoms with Gasteiger partial charge in [-0.1, -0.05) is 26.0 Å². The van der Waals surface area contributed by atoms with Crippen LogP contribution in [0.15, 0.2) is 18.2 Å². The van der Waals surface area contributed by atoms with Crippen LogP contribution in [-0.4, -0.2) is 12.6 Å². The molecule has 0 radical (unpaired) electrons. The minimum atomic E-state index is 0.756. The maximum absolute atomic E-state index is 2.78. The van der Waals surface area contributed by atoms with Crippen molar-refractivity contribution in [3.8, 4) is 0 Å². The molecule has 2 bridgehead atoms. The molecule has 0 saturated heterocycles. The van der Waals surface area contributed by atoms with Gasteiger partial charge in [0.05, 0.1) is 0 Å². The minimum absolute atomic E-state index is 0.756. The van der Waals surface area contributed by atoms with Crippen LogP contribution in [0.1, 0.15) is 50.2 Å². The molecular formula is C18H25N. The van der Waals surface area contributed by atoms with E-state index in [1.54, 1.807) is 11.3 Å². The first-order chi connectivity index (χ1) is 9.16. The number of rotatable bonds is 2. The summed E-state index contributed by atoms with van der Waals surface area (Å²) >= 11 is 0. The summed E-state index contributed by atoms with van der Waals surface area (Å²) in [5.74, 6) is 3.56. The Bertz CT molecular complexity index is 504. The fourth-order valence-electron chi connectivity index (χ4n) is 5.24. The Balaban J connectivity index is 1.83. The topological polar surface area (TPSA) is 3.24 Å². The number of aryl methyl sites for hydroxylation is 1. The van der Waals surface area contributed by atoms with Crippen molar-refractivity contribution in [3.05, 3.63) is 29.3 Å². The van der Waals surface area contributed by atoms with Crippen molar-refractivity contribution < 1.29 is 0 Å². The molecule has 0 aromatic heterocycles. The Kier molecular flexibility index (Phi) is 2.49. The van der Waals surface area contributed by atoms with E-state index in [2.05, 4.69) is 43.9 Å². The first-order valence-corrected chi connectivity index (χ1v) is 8.03. The van der Waals surface area contributed by atoms with Gasteiger partial charge >= 0.3 is 0 Å². The van der Waals surface area contributed by atoms with Crippen LogP contribution < -0.4 is 4.90 Å². The lowest BCUT2D eigenvalue weighted by Gasteiger charge is -2.34. The summed E-state index contributed by atoms with van der Waals surface area (Å²) in [7, 11) is 0. The summed E-state index contributed by atoms with van der Waals surface area (Å²) < 4.78 is 0. The molecule has 1 heteroatoms. The molecule has 1 heterocycles. The van der Waals surface area contributed by atoms with Crippen LogP contribution in [0.25, 0.3) is 0 Å². The highest BCUT2D eigenvalue weighted by Crippen LogP contribution is 2.61. The molecule has 2 saturated carbocycles. The highest BCUT2D eigenvalue weighted by molar-refractivity contribution is 5.66. The molecule has 0 N–H and O–H groups in total. The van der Waals surface area contributed by atoms with Crippen molar-refractivity contribution in [2.45, 2.75) is 52.0 Å². The van der Waals surface area contributed by atoms with Crippen LogP contribution in [0.5, 0.6) is 0 Å². The van der Waals surface area contributed by atoms with E-state index >= 15 is 0 Å². The predicted octanol–water partition coefficient (Wildman–Crippen LogP) is 4.35. The van der Waals surface area contributed by atoms with Gasteiger partial charge in [0.2, 0.25) is 0 Å². The third kappa shape index (κ3) is 1.53. The van der Waals surface area contributed by atoms with Crippen molar-refractivity contribution in [1.82, 2.24) is 0 Å². The summed E-state index contributed by atoms with van der Waals surface area (Å²) in [4.78, 5) is 2.78. The monoisotopic (exact) mass is 255 g/mol. The van der Waals surface area contributed by atoms with Gasteiger partial charge in [0, 0.05) is 24.2 Å². The first kappa shape index (κ1) is 11.8. The second kappa shape index (κ2) is 4.01. The van der Waals surface area contributed by atoms with E-state index in [1.807, 2.05) is 0 Å². The number of fused-ring (bicyclic) bond motifs is 7. The average Bonchev–Trinajstić information content (AvgIpc) is 3.01. The van der Waals surface area contributed by atoms with Gasteiger partial charge < -0.3 is 4.90 Å². The Morgan fingerprint density at radius 1 is 1.21 bits per heavy atom. The van der Waals surface area contributed by atoms with Crippen molar-refractivity contribution in [2.75, 3.05) is 11.4 Å². The molecule has 4 atom stereocenters. The van der Waals surface area contributed by atoms with Crippen molar-refractivity contribution >= 4 is 5.69 Å². The summed E-state index contributed by atoms with van der Waals surface area (Å²) in [5.41, 5.74) is 4.81. The van der Waals surface area contributed by atoms with Crippen LogP contribution in [0, 0.1) is 24.7 Å². The quantitative estimate of drug-likeness (QED) is 0.759. The van der Waals surface area contributed by atoms with Gasteiger partial charge in [-0.3, -0.25) is 0 Å². The first-order valence-electron chi connectivity index (χ1n) is 8.03. The Morgan fingerprint density at radius 2 is 2.00 bits per heavy atom. The number of hydrogen-bond acceptors (Lipinski definition) is 1. The zero-order valence-corrected chi connectivity index (χ0v) is 12.4. The van der Waals surface area contributed by atoms with Crippen LogP contribution in [-0.2, 0) is 0 Å². The molecule has 2 unspecified atom stereocenters. The number of benzene rings is 1. The molecule has 1 aliphatic heterocycles. The van der Waals surface area contributed by atoms with Crippen molar-refractivity contribution in [3.63, 3.8) is 0 Å². The van der Waals surface area contributed by atoms with Gasteiger partial charge in [-0.15, -0.1) is 0 Å². The molecule has 1 aromatic carbocycles. The van der Waals surface area contributed by atoms with Crippen LogP contribution in [0.4, 0.5) is 5.69 Å². The minimum Gasteiger partial charge on any atom is -0.367 e. The lowest BCUT2D eigenvalue weighted by atomic mass is 9.81. The predicted molar refractivity (Wildman–Crippen MR) is 80.7 cm³/mol. The molecular weight excluding hydrogens is 230 g/mol. The zero-order valence-electron chi connectivity index (χ0n) is 12.4. The third-order valence-electron chi connectivity index (χ3n) is 5.74. The largest absolute Gasteiger partial charge is 0.367 e. The van der Waals surface area contributed by atoms with E-state index in [1.165, 1.54) is 31.4 Å². The third-order valence-corrected chi connectivity index (χ3v) is 5.74. The Hall–Kier alpha value is -0.980. The summed E-state index contributed by atoms with van der Waals surface area (Å²) in [6.07, 6.45) is 4.46. The maximum atomic E-state index is 2.78. The van der Waals surface area contributed by atoms with E-state index in [0.29, 0.717) is 0 Å². The van der Waals surface area contributed by atoms with Gasteiger partial charge in [-0.25, -0.2) is 0 Å². The standard InChI is InChI=1S/C18H25N/c1-11(2)10-19-15-6-4-5-12(3)16(15)17-13-7-8-14(9-13)18(17)19/h4-6,11,13-14,17-18H,7-10H2,1-3H3/t13?,14?,17-,18-/m1/s1. The van der Waals surface area contributed by atoms with E-state index in [-0.39, 0.29) is 0 Å². The number of anilines is 1. The Morgan fingerprint density at radius 3 is 2.79 bits per heavy atom. The van der Waals surface area contributed by atoms with Crippen LogP contribution in [0.3, 0.4) is 0 Å². The van der Waals surface area contributed by atoms with Gasteiger partial charge in [-0.05, 0) is 61.1 Å². The van der Waals surface area contributed by atoms with E-state index in [9.17, 15) is 0 Å². The zero-order chi connectivity index (χ0) is 13.1. The van der Waals surface area contributed by atoms with Crippen LogP contribution in [0.2, 0.25) is 0 Å². The van der Waals surface area contributed by atoms with Crippen molar-refractivity contribution in [2.24, 2.45) is 17.8 Å². The van der Waals surface area contributed by atoms with Crippen LogP contribution >= 0.6 is 0 Å². The van der Waals surface area contributed by atoms with E-state index < -0.39 is 0 Å². The normalized spacial score (nSPS) is 35.1. The SMILES string of the molecule is Cc1cccc2c1[C@H]1C3CCC(C3)[C@H]1N2CC(C)C. The molecule has 1 nitrogen and oxygen atoms in total. The molecule has 19 heavy (non-hydrogen) atoms. The fraction of sp³-hybridized carbons (Fsp3) is 0.667. The Labute approximate surface area is 117 Å². The van der Waals surface area contributed by atoms with E-state index in [0.717, 1.165) is 29.7 Å². The molecule has 4 rings (SSSR count). The summed E-state index contributed by atoms with van der Waals surface area (Å²) in [6, 6.07) is 7.78. The summed E-state index contributed by atoms with van der Waals surface area (Å²) in [6.45, 7) is 8.27. The second-order valence-electron chi connectivity index (χ2n) is 7.40. The van der Waals surface area contributed by atoms with Gasteiger partial charge in [-0.2, -0.15) is 0 Å². The highest BCUT2D eigenvalue weighted by atomic mass is 15.2. The van der Waals surface area contributed by atoms with E-state index in [4.69, 9.17) is 0 Å². The lowest BCUT2D eigenvalue weighted by molar-refractivity contribution is 0.359. The molecule has 0 spiro atoms. The van der Waals surface area contributed by atoms with Gasteiger partial charge in [0.1, 0.15) is 0 Å². The fourth-order valence-corrected chi connectivity index (χ4v) is 5.24. The van der Waals surface area contributed by atoms with Gasteiger partial charge in [0.15, 0.2) is 0 Å². The number of hydrogen-bond donors (Lipinski definition) is 0. The second-order valence-corrected chi connectivity index (χ2v) is 7.40. The lowest BCUT2D eigenvalue weighted by Crippen LogP contribution is -2.40. The maximum Gasteiger partial charge on any atom is 0.0408 e. The summed E-state index contributed by atoms with van der Waals surface area (Å²) in [5, 5.41) is 0. The van der Waals surface area contributed by atoms with Crippen molar-refractivity contribution in [1.29, 1.82) is 0 Å². The average molecular weight is 255 g/mol. The molecule has 2 aliphatic carbocycles.